The minimum atomic E-state index is 0.708. The molecule has 1 aliphatic rings. The van der Waals surface area contributed by atoms with Gasteiger partial charge in [-0.3, -0.25) is 4.90 Å². The Labute approximate surface area is 123 Å². The van der Waals surface area contributed by atoms with Gasteiger partial charge in [-0.15, -0.1) is 0 Å². The molecule has 112 valence electrons. The highest BCUT2D eigenvalue weighted by Gasteiger charge is 2.18. The number of anilines is 1. The van der Waals surface area contributed by atoms with E-state index in [4.69, 9.17) is 0 Å². The van der Waals surface area contributed by atoms with Gasteiger partial charge in [0.2, 0.25) is 0 Å². The zero-order valence-corrected chi connectivity index (χ0v) is 13.2. The van der Waals surface area contributed by atoms with E-state index < -0.39 is 0 Å². The smallest absolute Gasteiger partial charge is 0.144 e. The molecule has 1 saturated carbocycles. The first-order valence-electron chi connectivity index (χ1n) is 7.97. The summed E-state index contributed by atoms with van der Waals surface area (Å²) in [5.41, 5.74) is 1.05. The summed E-state index contributed by atoms with van der Waals surface area (Å²) in [6.07, 6.45) is 7.89. The molecule has 1 aliphatic carbocycles. The van der Waals surface area contributed by atoms with Crippen molar-refractivity contribution in [3.8, 4) is 0 Å². The third-order valence-electron chi connectivity index (χ3n) is 4.05. The summed E-state index contributed by atoms with van der Waals surface area (Å²) in [4.78, 5) is 11.7. The van der Waals surface area contributed by atoms with E-state index in [0.717, 1.165) is 36.8 Å². The second-order valence-corrected chi connectivity index (χ2v) is 5.94. The molecule has 4 nitrogen and oxygen atoms in total. The van der Waals surface area contributed by atoms with Crippen molar-refractivity contribution in [2.24, 2.45) is 0 Å². The highest BCUT2D eigenvalue weighted by molar-refractivity contribution is 5.35. The van der Waals surface area contributed by atoms with E-state index in [2.05, 4.69) is 34.2 Å². The summed E-state index contributed by atoms with van der Waals surface area (Å²) in [6, 6.07) is 2.74. The molecular weight excluding hydrogens is 248 g/mol. The summed E-state index contributed by atoms with van der Waals surface area (Å²) in [6.45, 7) is 6.03. The number of hydrogen-bond donors (Lipinski definition) is 1. The molecule has 0 aromatic carbocycles. The average Bonchev–Trinajstić information content (AvgIpc) is 2.45. The maximum Gasteiger partial charge on any atom is 0.144 e. The van der Waals surface area contributed by atoms with Gasteiger partial charge in [-0.05, 0) is 33.2 Å². The van der Waals surface area contributed by atoms with Crippen LogP contribution in [0.1, 0.15) is 57.0 Å². The molecule has 0 bridgehead atoms. The third kappa shape index (κ3) is 4.44. The molecule has 0 unspecified atom stereocenters. The molecule has 0 spiro atoms. The first-order chi connectivity index (χ1) is 9.69. The zero-order chi connectivity index (χ0) is 14.4. The van der Waals surface area contributed by atoms with Gasteiger partial charge in [0.25, 0.3) is 0 Å². The van der Waals surface area contributed by atoms with E-state index in [1.54, 1.807) is 0 Å². The van der Waals surface area contributed by atoms with Crippen molar-refractivity contribution in [2.45, 2.75) is 65.0 Å². The van der Waals surface area contributed by atoms with Crippen LogP contribution >= 0.6 is 0 Å². The molecule has 1 fully saturated rings. The van der Waals surface area contributed by atoms with Crippen LogP contribution in [0.25, 0.3) is 0 Å². The summed E-state index contributed by atoms with van der Waals surface area (Å²) in [5, 5.41) is 3.36. The molecule has 4 heteroatoms. The Hall–Kier alpha value is -1.16. The molecule has 0 radical (unpaired) electrons. The van der Waals surface area contributed by atoms with Crippen molar-refractivity contribution in [3.63, 3.8) is 0 Å². The van der Waals surface area contributed by atoms with Gasteiger partial charge in [0, 0.05) is 24.3 Å². The maximum atomic E-state index is 4.64. The maximum absolute atomic E-state index is 4.64. The van der Waals surface area contributed by atoms with Crippen LogP contribution in [-0.2, 0) is 6.54 Å². The molecule has 0 amide bonds. The van der Waals surface area contributed by atoms with Gasteiger partial charge in [0.15, 0.2) is 0 Å². The molecule has 0 saturated heterocycles. The lowest BCUT2D eigenvalue weighted by Gasteiger charge is -2.30. The normalized spacial score (nSPS) is 16.6. The second kappa shape index (κ2) is 7.58. The molecule has 1 aromatic heterocycles. The van der Waals surface area contributed by atoms with Crippen LogP contribution in [0.15, 0.2) is 6.07 Å². The SMILES string of the molecule is CCCNc1cc(C)nc(CN(C)C2CCCCC2)n1. The molecule has 1 aromatic rings. The lowest BCUT2D eigenvalue weighted by Crippen LogP contribution is -2.33. The Kier molecular flexibility index (Phi) is 5.77. The van der Waals surface area contributed by atoms with Crippen LogP contribution in [0.3, 0.4) is 0 Å². The Bertz CT molecular complexity index is 413. The van der Waals surface area contributed by atoms with Crippen LogP contribution in [-0.4, -0.2) is 34.5 Å². The quantitative estimate of drug-likeness (QED) is 0.865. The van der Waals surface area contributed by atoms with E-state index >= 15 is 0 Å². The van der Waals surface area contributed by atoms with E-state index in [1.165, 1.54) is 32.1 Å². The number of aryl methyl sites for hydroxylation is 1. The van der Waals surface area contributed by atoms with Crippen LogP contribution < -0.4 is 5.32 Å². The van der Waals surface area contributed by atoms with Crippen LogP contribution in [0, 0.1) is 6.92 Å². The fraction of sp³-hybridized carbons (Fsp3) is 0.750. The number of nitrogens with zero attached hydrogens (tertiary/aromatic N) is 3. The average molecular weight is 276 g/mol. The van der Waals surface area contributed by atoms with Crippen molar-refractivity contribution < 1.29 is 0 Å². The van der Waals surface area contributed by atoms with Crippen molar-refractivity contribution in [2.75, 3.05) is 18.9 Å². The first-order valence-corrected chi connectivity index (χ1v) is 7.97. The van der Waals surface area contributed by atoms with E-state index in [1.807, 2.05) is 13.0 Å². The predicted octanol–water partition coefficient (Wildman–Crippen LogP) is 3.37. The lowest BCUT2D eigenvalue weighted by molar-refractivity contribution is 0.180. The fourth-order valence-electron chi connectivity index (χ4n) is 2.92. The predicted molar refractivity (Wildman–Crippen MR) is 83.9 cm³/mol. The molecule has 0 atom stereocenters. The van der Waals surface area contributed by atoms with Crippen LogP contribution in [0.2, 0.25) is 0 Å². The Morgan fingerprint density at radius 2 is 2.00 bits per heavy atom. The summed E-state index contributed by atoms with van der Waals surface area (Å²) in [7, 11) is 2.21. The molecule has 1 N–H and O–H groups in total. The van der Waals surface area contributed by atoms with Gasteiger partial charge in [-0.1, -0.05) is 26.2 Å². The highest BCUT2D eigenvalue weighted by atomic mass is 15.2. The number of nitrogens with one attached hydrogen (secondary N) is 1. The van der Waals surface area contributed by atoms with Gasteiger partial charge < -0.3 is 5.32 Å². The highest BCUT2D eigenvalue weighted by Crippen LogP contribution is 2.22. The number of hydrogen-bond acceptors (Lipinski definition) is 4. The fourth-order valence-corrected chi connectivity index (χ4v) is 2.92. The first kappa shape index (κ1) is 15.2. The molecule has 0 aliphatic heterocycles. The largest absolute Gasteiger partial charge is 0.370 e. The molecule has 1 heterocycles. The van der Waals surface area contributed by atoms with Crippen LogP contribution in [0.4, 0.5) is 5.82 Å². The Balaban J connectivity index is 1.98. The van der Waals surface area contributed by atoms with Gasteiger partial charge in [-0.25, -0.2) is 9.97 Å². The van der Waals surface area contributed by atoms with Gasteiger partial charge in [0.05, 0.1) is 6.54 Å². The summed E-state index contributed by atoms with van der Waals surface area (Å²) >= 11 is 0. The topological polar surface area (TPSA) is 41.1 Å². The molecular formula is C16H28N4. The molecule has 2 rings (SSSR count). The van der Waals surface area contributed by atoms with E-state index in [9.17, 15) is 0 Å². The van der Waals surface area contributed by atoms with Crippen molar-refractivity contribution in [3.05, 3.63) is 17.6 Å². The standard InChI is InChI=1S/C16H28N4/c1-4-10-17-15-11-13(2)18-16(19-15)12-20(3)14-8-6-5-7-9-14/h11,14H,4-10,12H2,1-3H3,(H,17,18,19). The lowest BCUT2D eigenvalue weighted by atomic mass is 9.94. The summed E-state index contributed by atoms with van der Waals surface area (Å²) < 4.78 is 0. The van der Waals surface area contributed by atoms with E-state index in [-0.39, 0.29) is 0 Å². The minimum absolute atomic E-state index is 0.708. The summed E-state index contributed by atoms with van der Waals surface area (Å²) in [5.74, 6) is 1.91. The number of rotatable bonds is 6. The van der Waals surface area contributed by atoms with Gasteiger partial charge in [-0.2, -0.15) is 0 Å². The van der Waals surface area contributed by atoms with E-state index in [0.29, 0.717) is 6.04 Å². The Morgan fingerprint density at radius 1 is 1.25 bits per heavy atom. The monoisotopic (exact) mass is 276 g/mol. The minimum Gasteiger partial charge on any atom is -0.370 e. The zero-order valence-electron chi connectivity index (χ0n) is 13.2. The van der Waals surface area contributed by atoms with Crippen molar-refractivity contribution in [1.82, 2.24) is 14.9 Å². The van der Waals surface area contributed by atoms with Gasteiger partial charge >= 0.3 is 0 Å². The number of aromatic nitrogens is 2. The third-order valence-corrected chi connectivity index (χ3v) is 4.05. The van der Waals surface area contributed by atoms with Crippen molar-refractivity contribution in [1.29, 1.82) is 0 Å². The van der Waals surface area contributed by atoms with Gasteiger partial charge in [0.1, 0.15) is 11.6 Å². The molecule has 20 heavy (non-hydrogen) atoms. The Morgan fingerprint density at radius 3 is 2.70 bits per heavy atom. The second-order valence-electron chi connectivity index (χ2n) is 5.94. The van der Waals surface area contributed by atoms with Crippen LogP contribution in [0.5, 0.6) is 0 Å². The van der Waals surface area contributed by atoms with Crippen molar-refractivity contribution >= 4 is 5.82 Å².